The second-order valence-corrected chi connectivity index (χ2v) is 7.55. The number of piperidine rings is 1. The number of hydrogen-bond donors (Lipinski definition) is 1. The summed E-state index contributed by atoms with van der Waals surface area (Å²) < 4.78 is 42.4. The number of furan rings is 1. The van der Waals surface area contributed by atoms with Crippen molar-refractivity contribution in [3.63, 3.8) is 0 Å². The topological polar surface area (TPSA) is 112 Å². The molecule has 25 heavy (non-hydrogen) atoms. The standard InChI is InChI=1S/C15H24N2O6S.ClH/c1-11-14(10-13(23-11)15(18)21-2)24(19,20)17-7-4-12(5-8-17)22-9-3-6-16;/h10,12H,3-9,16H2,1-2H3;1H. The van der Waals surface area contributed by atoms with Crippen molar-refractivity contribution < 1.29 is 27.1 Å². The number of methoxy groups -OCH3 is 1. The van der Waals surface area contributed by atoms with E-state index in [0.717, 1.165) is 6.42 Å². The summed E-state index contributed by atoms with van der Waals surface area (Å²) in [5.74, 6) is -0.642. The number of aryl methyl sites for hydroxylation is 1. The number of halogens is 1. The van der Waals surface area contributed by atoms with Gasteiger partial charge in [-0.1, -0.05) is 0 Å². The van der Waals surface area contributed by atoms with Gasteiger partial charge < -0.3 is 19.6 Å². The largest absolute Gasteiger partial charge is 0.463 e. The van der Waals surface area contributed by atoms with Crippen molar-refractivity contribution in [2.75, 3.05) is 33.4 Å². The monoisotopic (exact) mass is 396 g/mol. The molecule has 0 bridgehead atoms. The first-order chi connectivity index (χ1) is 11.4. The maximum absolute atomic E-state index is 12.8. The predicted octanol–water partition coefficient (Wildman–Crippen LogP) is 1.31. The number of nitrogens with zero attached hydrogens (tertiary/aromatic N) is 1. The molecule has 0 saturated carbocycles. The molecule has 1 aromatic rings. The average Bonchev–Trinajstić information content (AvgIpc) is 2.97. The van der Waals surface area contributed by atoms with E-state index in [-0.39, 0.29) is 34.9 Å². The van der Waals surface area contributed by atoms with Gasteiger partial charge in [-0.25, -0.2) is 13.2 Å². The molecule has 0 spiro atoms. The molecule has 144 valence electrons. The highest BCUT2D eigenvalue weighted by Crippen LogP contribution is 2.27. The number of hydrogen-bond acceptors (Lipinski definition) is 7. The van der Waals surface area contributed by atoms with Crippen LogP contribution in [0.4, 0.5) is 0 Å². The third kappa shape index (κ3) is 5.18. The zero-order valence-electron chi connectivity index (χ0n) is 14.4. The van der Waals surface area contributed by atoms with Crippen LogP contribution in [0.3, 0.4) is 0 Å². The number of ether oxygens (including phenoxy) is 2. The van der Waals surface area contributed by atoms with Crippen molar-refractivity contribution in [1.29, 1.82) is 0 Å². The van der Waals surface area contributed by atoms with E-state index in [9.17, 15) is 13.2 Å². The Bertz CT molecular complexity index is 668. The molecule has 0 aliphatic carbocycles. The summed E-state index contributed by atoms with van der Waals surface area (Å²) >= 11 is 0. The Morgan fingerprint density at radius 2 is 2.04 bits per heavy atom. The van der Waals surface area contributed by atoms with Gasteiger partial charge in [-0.05, 0) is 32.7 Å². The van der Waals surface area contributed by atoms with Crippen molar-refractivity contribution in [3.05, 3.63) is 17.6 Å². The first-order valence-corrected chi connectivity index (χ1v) is 9.34. The van der Waals surface area contributed by atoms with Crippen molar-refractivity contribution >= 4 is 28.4 Å². The van der Waals surface area contributed by atoms with Gasteiger partial charge in [0.15, 0.2) is 0 Å². The Kier molecular flexibility index (Phi) is 8.36. The zero-order valence-corrected chi connectivity index (χ0v) is 16.0. The first-order valence-electron chi connectivity index (χ1n) is 7.90. The lowest BCUT2D eigenvalue weighted by atomic mass is 10.1. The third-order valence-corrected chi connectivity index (χ3v) is 5.99. The molecule has 0 atom stereocenters. The van der Waals surface area contributed by atoms with Crippen molar-refractivity contribution in [3.8, 4) is 0 Å². The molecule has 1 fully saturated rings. The van der Waals surface area contributed by atoms with Gasteiger partial charge in [0.1, 0.15) is 10.7 Å². The molecule has 1 aliphatic rings. The maximum atomic E-state index is 12.8. The van der Waals surface area contributed by atoms with E-state index in [4.69, 9.17) is 14.9 Å². The van der Waals surface area contributed by atoms with Crippen molar-refractivity contribution in [1.82, 2.24) is 4.31 Å². The van der Waals surface area contributed by atoms with Crippen LogP contribution < -0.4 is 5.73 Å². The quantitative estimate of drug-likeness (QED) is 0.546. The summed E-state index contributed by atoms with van der Waals surface area (Å²) in [6.45, 7) is 3.43. The molecule has 0 aromatic carbocycles. The van der Waals surface area contributed by atoms with Crippen LogP contribution in [0, 0.1) is 6.92 Å². The van der Waals surface area contributed by atoms with Gasteiger partial charge in [-0.2, -0.15) is 4.31 Å². The van der Waals surface area contributed by atoms with Gasteiger partial charge in [-0.3, -0.25) is 0 Å². The van der Waals surface area contributed by atoms with Gasteiger partial charge in [0.2, 0.25) is 15.8 Å². The lowest BCUT2D eigenvalue weighted by Crippen LogP contribution is -2.41. The highest BCUT2D eigenvalue weighted by atomic mass is 35.5. The average molecular weight is 397 g/mol. The molecular formula is C15H25ClN2O6S. The number of sulfonamides is 1. The summed E-state index contributed by atoms with van der Waals surface area (Å²) in [4.78, 5) is 11.5. The lowest BCUT2D eigenvalue weighted by molar-refractivity contribution is 0.0209. The lowest BCUT2D eigenvalue weighted by Gasteiger charge is -2.31. The van der Waals surface area contributed by atoms with E-state index < -0.39 is 16.0 Å². The molecule has 0 amide bonds. The fourth-order valence-electron chi connectivity index (χ4n) is 2.63. The minimum absolute atomic E-state index is 0. The number of nitrogens with two attached hydrogens (primary N) is 1. The Hall–Kier alpha value is -1.13. The fraction of sp³-hybridized carbons (Fsp3) is 0.667. The Morgan fingerprint density at radius 1 is 1.40 bits per heavy atom. The molecule has 0 unspecified atom stereocenters. The van der Waals surface area contributed by atoms with E-state index in [1.54, 1.807) is 0 Å². The molecule has 2 rings (SSSR count). The predicted molar refractivity (Wildman–Crippen MR) is 93.4 cm³/mol. The van der Waals surface area contributed by atoms with Crippen LogP contribution in [0.5, 0.6) is 0 Å². The first kappa shape index (κ1) is 21.9. The van der Waals surface area contributed by atoms with Crippen LogP contribution in [0.1, 0.15) is 35.6 Å². The van der Waals surface area contributed by atoms with Crippen LogP contribution in [0.15, 0.2) is 15.4 Å². The Morgan fingerprint density at radius 3 is 2.60 bits per heavy atom. The Labute approximate surface area is 154 Å². The molecule has 1 aliphatic heterocycles. The summed E-state index contributed by atoms with van der Waals surface area (Å²) in [7, 11) is -2.49. The molecule has 10 heteroatoms. The molecular weight excluding hydrogens is 372 g/mol. The molecule has 2 heterocycles. The number of carbonyl (C=O) groups excluding carboxylic acids is 1. The highest BCUT2D eigenvalue weighted by Gasteiger charge is 2.33. The maximum Gasteiger partial charge on any atom is 0.373 e. The van der Waals surface area contributed by atoms with Crippen LogP contribution in [0.2, 0.25) is 0 Å². The summed E-state index contributed by atoms with van der Waals surface area (Å²) in [5, 5.41) is 0. The summed E-state index contributed by atoms with van der Waals surface area (Å²) in [6, 6.07) is 1.22. The van der Waals surface area contributed by atoms with Crippen LogP contribution in [-0.2, 0) is 19.5 Å². The molecule has 8 nitrogen and oxygen atoms in total. The second-order valence-electron chi connectivity index (χ2n) is 5.64. The van der Waals surface area contributed by atoms with E-state index in [2.05, 4.69) is 4.74 Å². The third-order valence-electron chi connectivity index (χ3n) is 3.98. The van der Waals surface area contributed by atoms with Crippen LogP contribution >= 0.6 is 12.4 Å². The van der Waals surface area contributed by atoms with E-state index >= 15 is 0 Å². The number of esters is 1. The van der Waals surface area contributed by atoms with E-state index in [1.807, 2.05) is 0 Å². The highest BCUT2D eigenvalue weighted by molar-refractivity contribution is 7.89. The summed E-state index contributed by atoms with van der Waals surface area (Å²) in [6.07, 6.45) is 2.11. The van der Waals surface area contributed by atoms with E-state index in [1.165, 1.54) is 24.4 Å². The fourth-order valence-corrected chi connectivity index (χ4v) is 4.26. The number of rotatable bonds is 7. The van der Waals surface area contributed by atoms with E-state index in [0.29, 0.717) is 39.1 Å². The van der Waals surface area contributed by atoms with Gasteiger partial charge in [0.05, 0.1) is 13.2 Å². The molecule has 1 aromatic heterocycles. The van der Waals surface area contributed by atoms with Gasteiger partial charge in [-0.15, -0.1) is 12.4 Å². The zero-order chi connectivity index (χ0) is 17.7. The van der Waals surface area contributed by atoms with Crippen molar-refractivity contribution in [2.45, 2.75) is 37.2 Å². The molecule has 0 radical (unpaired) electrons. The Balaban J connectivity index is 0.00000312. The number of carbonyl (C=O) groups is 1. The van der Waals surface area contributed by atoms with Gasteiger partial charge >= 0.3 is 5.97 Å². The SMILES string of the molecule is COC(=O)c1cc(S(=O)(=O)N2CCC(OCCCN)CC2)c(C)o1.Cl. The minimum Gasteiger partial charge on any atom is -0.463 e. The van der Waals surface area contributed by atoms with Gasteiger partial charge in [0.25, 0.3) is 0 Å². The second kappa shape index (κ2) is 9.54. The minimum atomic E-state index is -3.71. The van der Waals surface area contributed by atoms with Gasteiger partial charge in [0, 0.05) is 25.8 Å². The van der Waals surface area contributed by atoms with Crippen LogP contribution in [0.25, 0.3) is 0 Å². The smallest absolute Gasteiger partial charge is 0.373 e. The molecule has 2 N–H and O–H groups in total. The molecule has 1 saturated heterocycles. The normalized spacial score (nSPS) is 16.4. The van der Waals surface area contributed by atoms with Crippen LogP contribution in [-0.4, -0.2) is 58.1 Å². The summed E-state index contributed by atoms with van der Waals surface area (Å²) in [5.41, 5.74) is 5.43. The van der Waals surface area contributed by atoms with Crippen molar-refractivity contribution in [2.24, 2.45) is 5.73 Å².